The second-order valence-corrected chi connectivity index (χ2v) is 9.73. The van der Waals surface area contributed by atoms with Crippen LogP contribution in [-0.2, 0) is 28.9 Å². The molecule has 0 amide bonds. The fourth-order valence-electron chi connectivity index (χ4n) is 3.43. The van der Waals surface area contributed by atoms with Crippen LogP contribution in [0, 0.1) is 6.92 Å². The number of alkyl halides is 6. The molecule has 0 aliphatic carbocycles. The summed E-state index contributed by atoms with van der Waals surface area (Å²) in [5.41, 5.74) is 2.17. The smallest absolute Gasteiger partial charge is 0.488 e. The first kappa shape index (κ1) is 33.3. The Kier molecular flexibility index (Phi) is 11.1. The van der Waals surface area contributed by atoms with Gasteiger partial charge in [-0.1, -0.05) is 17.3 Å². The molecule has 0 aliphatic rings. The maximum Gasteiger partial charge on any atom is 0.490 e. The minimum Gasteiger partial charge on any atom is -0.488 e. The molecule has 2 aromatic carbocycles. The molecule has 0 saturated heterocycles. The number of methoxy groups -OCH3 is 1. The number of aryl methyl sites for hydroxylation is 1. The number of benzene rings is 2. The largest absolute Gasteiger partial charge is 0.490 e. The lowest BCUT2D eigenvalue weighted by atomic mass is 10.1. The standard InChI is InChI=1S/C24H23F3N4O4S.C2HF3O2/c1-14-11-17(7-8-18(14)21-30-23(32)35-31-21)34-13-20-19(12-28-9-10-33-2)29-22(36-20)15-3-5-16(6-4-15)24(25,26)27;3-2(4,5)1(6)7/h3-8,11,28H,9-10,12-13H2,1-2H3,(H,30,31,32);(H,6,7). The minimum atomic E-state index is -5.08. The van der Waals surface area contributed by atoms with Gasteiger partial charge in [-0.3, -0.25) is 9.51 Å². The molecule has 0 fully saturated rings. The van der Waals surface area contributed by atoms with Crippen molar-refractivity contribution in [3.8, 4) is 27.7 Å². The molecule has 0 saturated carbocycles. The molecule has 232 valence electrons. The van der Waals surface area contributed by atoms with Gasteiger partial charge in [0, 0.05) is 31.3 Å². The molecule has 0 atom stereocenters. The van der Waals surface area contributed by atoms with Crippen molar-refractivity contribution >= 4 is 17.3 Å². The summed E-state index contributed by atoms with van der Waals surface area (Å²) in [5.74, 6) is -2.46. The lowest BCUT2D eigenvalue weighted by molar-refractivity contribution is -0.192. The van der Waals surface area contributed by atoms with Crippen LogP contribution >= 0.6 is 11.3 Å². The fraction of sp³-hybridized carbons (Fsp3) is 0.308. The van der Waals surface area contributed by atoms with Crippen LogP contribution in [-0.4, -0.2) is 52.6 Å². The third-order valence-electron chi connectivity index (χ3n) is 5.52. The highest BCUT2D eigenvalue weighted by molar-refractivity contribution is 7.15. The van der Waals surface area contributed by atoms with Crippen LogP contribution in [0.25, 0.3) is 22.0 Å². The molecule has 4 rings (SSSR count). The molecule has 0 spiro atoms. The van der Waals surface area contributed by atoms with Crippen molar-refractivity contribution in [2.24, 2.45) is 0 Å². The maximum absolute atomic E-state index is 12.9. The van der Waals surface area contributed by atoms with Crippen molar-refractivity contribution < 1.29 is 50.2 Å². The zero-order chi connectivity index (χ0) is 31.8. The van der Waals surface area contributed by atoms with Gasteiger partial charge < -0.3 is 19.9 Å². The Balaban J connectivity index is 0.000000646. The molecule has 2 aromatic heterocycles. The van der Waals surface area contributed by atoms with Gasteiger partial charge in [0.05, 0.1) is 22.7 Å². The molecule has 17 heteroatoms. The molecular formula is C26H24F6N4O6S. The summed E-state index contributed by atoms with van der Waals surface area (Å²) in [6.07, 6.45) is -9.48. The summed E-state index contributed by atoms with van der Waals surface area (Å²) in [5, 5.41) is 14.7. The van der Waals surface area contributed by atoms with Gasteiger partial charge in [-0.15, -0.1) is 11.3 Å². The Morgan fingerprint density at radius 2 is 1.79 bits per heavy atom. The second kappa shape index (κ2) is 14.3. The van der Waals surface area contributed by atoms with E-state index in [1.54, 1.807) is 19.2 Å². The van der Waals surface area contributed by atoms with E-state index < -0.39 is 29.6 Å². The number of nitrogens with one attached hydrogen (secondary N) is 2. The number of rotatable bonds is 10. The summed E-state index contributed by atoms with van der Waals surface area (Å²) < 4.78 is 86.2. The maximum atomic E-state index is 12.9. The van der Waals surface area contributed by atoms with Crippen LogP contribution in [0.15, 0.2) is 51.8 Å². The van der Waals surface area contributed by atoms with Crippen LogP contribution < -0.4 is 15.8 Å². The van der Waals surface area contributed by atoms with Gasteiger partial charge in [0.1, 0.15) is 17.4 Å². The lowest BCUT2D eigenvalue weighted by Crippen LogP contribution is -2.21. The lowest BCUT2D eigenvalue weighted by Gasteiger charge is -2.09. The molecular weight excluding hydrogens is 610 g/mol. The minimum absolute atomic E-state index is 0.221. The van der Waals surface area contributed by atoms with Crippen LogP contribution in [0.3, 0.4) is 0 Å². The molecule has 10 nitrogen and oxygen atoms in total. The average molecular weight is 635 g/mol. The Morgan fingerprint density at radius 3 is 2.33 bits per heavy atom. The average Bonchev–Trinajstić information content (AvgIpc) is 3.55. The number of carbonyl (C=O) groups is 1. The number of aliphatic carboxylic acids is 1. The highest BCUT2D eigenvalue weighted by Gasteiger charge is 2.38. The van der Waals surface area contributed by atoms with E-state index >= 15 is 0 Å². The first-order chi connectivity index (χ1) is 20.2. The number of carboxylic acids is 1. The molecule has 0 bridgehead atoms. The first-order valence-corrected chi connectivity index (χ1v) is 13.0. The van der Waals surface area contributed by atoms with E-state index in [0.29, 0.717) is 47.4 Å². The van der Waals surface area contributed by atoms with Crippen LogP contribution in [0.5, 0.6) is 5.75 Å². The number of aromatic amines is 1. The summed E-state index contributed by atoms with van der Waals surface area (Å²) in [4.78, 5) is 28.1. The van der Waals surface area contributed by atoms with Crippen molar-refractivity contribution in [2.75, 3.05) is 20.3 Å². The van der Waals surface area contributed by atoms with Crippen molar-refractivity contribution in [3.63, 3.8) is 0 Å². The second-order valence-electron chi connectivity index (χ2n) is 8.65. The summed E-state index contributed by atoms with van der Waals surface area (Å²) in [7, 11) is 1.61. The number of carboxylic acid groups (broad SMARTS) is 1. The van der Waals surface area contributed by atoms with E-state index in [9.17, 15) is 31.1 Å². The Labute approximate surface area is 243 Å². The quantitative estimate of drug-likeness (QED) is 0.154. The first-order valence-electron chi connectivity index (χ1n) is 12.1. The topological polar surface area (TPSA) is 140 Å². The Morgan fingerprint density at radius 1 is 1.12 bits per heavy atom. The van der Waals surface area contributed by atoms with Crippen LogP contribution in [0.2, 0.25) is 0 Å². The molecule has 0 unspecified atom stereocenters. The predicted octanol–water partition coefficient (Wildman–Crippen LogP) is 5.43. The van der Waals surface area contributed by atoms with Gasteiger partial charge >= 0.3 is 24.1 Å². The number of H-pyrrole nitrogens is 1. The Hall–Kier alpha value is -4.22. The highest BCUT2D eigenvalue weighted by atomic mass is 32.1. The van der Waals surface area contributed by atoms with Gasteiger partial charge in [0.2, 0.25) is 0 Å². The molecule has 2 heterocycles. The van der Waals surface area contributed by atoms with Gasteiger partial charge in [-0.2, -0.15) is 26.3 Å². The van der Waals surface area contributed by atoms with Gasteiger partial charge in [0.15, 0.2) is 5.82 Å². The predicted molar refractivity (Wildman–Crippen MR) is 141 cm³/mol. The van der Waals surface area contributed by atoms with Gasteiger partial charge in [-0.05, 0) is 42.8 Å². The van der Waals surface area contributed by atoms with Crippen molar-refractivity contribution in [1.29, 1.82) is 0 Å². The molecule has 0 aliphatic heterocycles. The normalized spacial score (nSPS) is 11.6. The summed E-state index contributed by atoms with van der Waals surface area (Å²) >= 11 is 1.37. The number of ether oxygens (including phenoxy) is 2. The summed E-state index contributed by atoms with van der Waals surface area (Å²) in [6.45, 7) is 3.68. The number of halogens is 6. The number of thiazole rings is 1. The fourth-order valence-corrected chi connectivity index (χ4v) is 4.42. The van der Waals surface area contributed by atoms with E-state index in [1.807, 2.05) is 13.0 Å². The van der Waals surface area contributed by atoms with E-state index in [2.05, 4.69) is 25.0 Å². The summed E-state index contributed by atoms with van der Waals surface area (Å²) in [6, 6.07) is 10.3. The van der Waals surface area contributed by atoms with Gasteiger partial charge in [0.25, 0.3) is 0 Å². The van der Waals surface area contributed by atoms with Crippen molar-refractivity contribution in [2.45, 2.75) is 32.4 Å². The van der Waals surface area contributed by atoms with E-state index in [0.717, 1.165) is 28.3 Å². The third-order valence-corrected chi connectivity index (χ3v) is 6.64. The van der Waals surface area contributed by atoms with Crippen LogP contribution in [0.4, 0.5) is 26.3 Å². The molecule has 3 N–H and O–H groups in total. The molecule has 4 aromatic rings. The van der Waals surface area contributed by atoms with E-state index in [4.69, 9.17) is 19.4 Å². The third kappa shape index (κ3) is 9.65. The molecule has 43 heavy (non-hydrogen) atoms. The zero-order valence-electron chi connectivity index (χ0n) is 22.4. The number of hydrogen-bond donors (Lipinski definition) is 3. The van der Waals surface area contributed by atoms with Crippen molar-refractivity contribution in [3.05, 3.63) is 74.7 Å². The van der Waals surface area contributed by atoms with Crippen molar-refractivity contribution in [1.82, 2.24) is 20.4 Å². The number of hydrogen-bond acceptors (Lipinski definition) is 9. The Bertz CT molecular complexity index is 1560. The van der Waals surface area contributed by atoms with E-state index in [-0.39, 0.29) is 6.61 Å². The molecule has 0 radical (unpaired) electrons. The monoisotopic (exact) mass is 634 g/mol. The number of aromatic nitrogens is 3. The van der Waals surface area contributed by atoms with E-state index in [1.165, 1.54) is 23.5 Å². The highest BCUT2D eigenvalue weighted by Crippen LogP contribution is 2.34. The number of nitrogens with zero attached hydrogens (tertiary/aromatic N) is 2. The van der Waals surface area contributed by atoms with Crippen LogP contribution in [0.1, 0.15) is 21.7 Å². The zero-order valence-corrected chi connectivity index (χ0v) is 23.2. The SMILES string of the molecule is COCCNCc1nc(-c2ccc(C(F)(F)F)cc2)sc1COc1ccc(-c2noc(=O)[nH]2)c(C)c1.O=C(O)C(F)(F)F. The van der Waals surface area contributed by atoms with Gasteiger partial charge in [-0.25, -0.2) is 14.6 Å².